The Bertz CT molecular complexity index is 442. The van der Waals surface area contributed by atoms with Crippen molar-refractivity contribution in [2.75, 3.05) is 12.3 Å². The van der Waals surface area contributed by atoms with Gasteiger partial charge in [-0.25, -0.2) is 0 Å². The molecule has 0 aromatic carbocycles. The third kappa shape index (κ3) is 3.50. The van der Waals surface area contributed by atoms with Crippen molar-refractivity contribution in [2.24, 2.45) is 5.92 Å². The van der Waals surface area contributed by atoms with Crippen LogP contribution in [0.4, 0.5) is 5.69 Å². The van der Waals surface area contributed by atoms with Gasteiger partial charge in [-0.15, -0.1) is 0 Å². The Morgan fingerprint density at radius 3 is 3.05 bits per heavy atom. The fraction of sp³-hybridized carbons (Fsp3) is 0.643. The van der Waals surface area contributed by atoms with E-state index in [2.05, 4.69) is 5.32 Å². The number of aliphatic hydroxyl groups excluding tert-OH is 1. The second kappa shape index (κ2) is 6.10. The lowest BCUT2D eigenvalue weighted by molar-refractivity contribution is 0.0867. The molecule has 2 rings (SSSR count). The van der Waals surface area contributed by atoms with E-state index in [4.69, 9.17) is 5.73 Å². The van der Waals surface area contributed by atoms with Gasteiger partial charge < -0.3 is 20.7 Å². The standard InChI is InChI=1S/C14H23N3O2/c1-2-17-9-11(15)7-13(17)14(19)16-8-10-4-3-5-12(18)6-10/h7,9-10,12,18H,2-6,8,15H2,1H3,(H,16,19). The van der Waals surface area contributed by atoms with E-state index in [0.29, 0.717) is 23.8 Å². The molecule has 0 radical (unpaired) electrons. The molecule has 1 aromatic rings. The first-order chi connectivity index (χ1) is 9.10. The molecule has 1 aromatic heterocycles. The van der Waals surface area contributed by atoms with Crippen molar-refractivity contribution in [1.82, 2.24) is 9.88 Å². The number of nitrogens with zero attached hydrogens (tertiary/aromatic N) is 1. The highest BCUT2D eigenvalue weighted by Gasteiger charge is 2.21. The molecule has 5 nitrogen and oxygen atoms in total. The molecule has 1 aliphatic rings. The Morgan fingerprint density at radius 2 is 2.37 bits per heavy atom. The lowest BCUT2D eigenvalue weighted by atomic mass is 9.87. The Balaban J connectivity index is 1.90. The van der Waals surface area contributed by atoms with Crippen molar-refractivity contribution in [3.63, 3.8) is 0 Å². The molecule has 1 heterocycles. The Morgan fingerprint density at radius 1 is 1.58 bits per heavy atom. The zero-order valence-electron chi connectivity index (χ0n) is 11.4. The van der Waals surface area contributed by atoms with Crippen LogP contribution in [-0.4, -0.2) is 28.2 Å². The highest BCUT2D eigenvalue weighted by Crippen LogP contribution is 2.23. The molecule has 4 N–H and O–H groups in total. The van der Waals surface area contributed by atoms with Crippen molar-refractivity contribution in [1.29, 1.82) is 0 Å². The van der Waals surface area contributed by atoms with Gasteiger partial charge in [-0.05, 0) is 38.2 Å². The summed E-state index contributed by atoms with van der Waals surface area (Å²) in [6, 6.07) is 1.70. The molecule has 1 amide bonds. The highest BCUT2D eigenvalue weighted by atomic mass is 16.3. The maximum atomic E-state index is 12.1. The Hall–Kier alpha value is -1.49. The maximum absolute atomic E-state index is 12.1. The number of nitrogens with two attached hydrogens (primary N) is 1. The molecule has 1 saturated carbocycles. The third-order valence-electron chi connectivity index (χ3n) is 3.80. The van der Waals surface area contributed by atoms with E-state index in [0.717, 1.165) is 32.2 Å². The predicted molar refractivity (Wildman–Crippen MR) is 74.8 cm³/mol. The number of anilines is 1. The van der Waals surface area contributed by atoms with Gasteiger partial charge in [0.05, 0.1) is 11.8 Å². The van der Waals surface area contributed by atoms with Crippen LogP contribution in [0.15, 0.2) is 12.3 Å². The van der Waals surface area contributed by atoms with Gasteiger partial charge in [-0.3, -0.25) is 4.79 Å². The lowest BCUT2D eigenvalue weighted by Gasteiger charge is -2.25. The van der Waals surface area contributed by atoms with Crippen molar-refractivity contribution >= 4 is 11.6 Å². The number of aliphatic hydroxyl groups is 1. The van der Waals surface area contributed by atoms with E-state index in [1.165, 1.54) is 0 Å². The van der Waals surface area contributed by atoms with Crippen molar-refractivity contribution in [3.8, 4) is 0 Å². The third-order valence-corrected chi connectivity index (χ3v) is 3.80. The monoisotopic (exact) mass is 265 g/mol. The van der Waals surface area contributed by atoms with Gasteiger partial charge in [-0.2, -0.15) is 0 Å². The van der Waals surface area contributed by atoms with E-state index in [-0.39, 0.29) is 12.0 Å². The molecule has 1 fully saturated rings. The number of rotatable bonds is 4. The normalized spacial score (nSPS) is 23.3. The van der Waals surface area contributed by atoms with Gasteiger partial charge in [0, 0.05) is 19.3 Å². The van der Waals surface area contributed by atoms with Crippen molar-refractivity contribution < 1.29 is 9.90 Å². The van der Waals surface area contributed by atoms with Gasteiger partial charge in [0.1, 0.15) is 5.69 Å². The van der Waals surface area contributed by atoms with E-state index < -0.39 is 0 Å². The molecule has 2 atom stereocenters. The summed E-state index contributed by atoms with van der Waals surface area (Å²) in [6.45, 7) is 3.33. The zero-order chi connectivity index (χ0) is 13.8. The molecule has 5 heteroatoms. The van der Waals surface area contributed by atoms with Crippen LogP contribution in [0.2, 0.25) is 0 Å². The molecule has 19 heavy (non-hydrogen) atoms. The second-order valence-electron chi connectivity index (χ2n) is 5.34. The number of carbonyl (C=O) groups is 1. The van der Waals surface area contributed by atoms with E-state index in [9.17, 15) is 9.90 Å². The molecule has 2 unspecified atom stereocenters. The minimum absolute atomic E-state index is 0.0846. The van der Waals surface area contributed by atoms with Crippen LogP contribution >= 0.6 is 0 Å². The number of nitrogens with one attached hydrogen (secondary N) is 1. The summed E-state index contributed by atoms with van der Waals surface area (Å²) in [5, 5.41) is 12.6. The van der Waals surface area contributed by atoms with Gasteiger partial charge >= 0.3 is 0 Å². The number of carbonyl (C=O) groups excluding carboxylic acids is 1. The van der Waals surface area contributed by atoms with E-state index in [1.54, 1.807) is 12.3 Å². The summed E-state index contributed by atoms with van der Waals surface area (Å²) >= 11 is 0. The molecule has 106 valence electrons. The number of hydrogen-bond acceptors (Lipinski definition) is 3. The maximum Gasteiger partial charge on any atom is 0.267 e. The van der Waals surface area contributed by atoms with Crippen LogP contribution in [0.1, 0.15) is 43.1 Å². The number of amides is 1. The number of aromatic nitrogens is 1. The molecule has 0 spiro atoms. The minimum Gasteiger partial charge on any atom is -0.397 e. The van der Waals surface area contributed by atoms with Gasteiger partial charge in [-0.1, -0.05) is 6.42 Å². The van der Waals surface area contributed by atoms with Crippen LogP contribution in [0.5, 0.6) is 0 Å². The summed E-state index contributed by atoms with van der Waals surface area (Å²) in [5.74, 6) is 0.300. The molecule has 0 bridgehead atoms. The fourth-order valence-corrected chi connectivity index (χ4v) is 2.76. The number of nitrogen functional groups attached to an aromatic ring is 1. The largest absolute Gasteiger partial charge is 0.397 e. The summed E-state index contributed by atoms with van der Waals surface area (Å²) in [6.07, 6.45) is 5.37. The first-order valence-corrected chi connectivity index (χ1v) is 7.02. The predicted octanol–water partition coefficient (Wildman–Crippen LogP) is 1.37. The molecular formula is C14H23N3O2. The first kappa shape index (κ1) is 13.9. The van der Waals surface area contributed by atoms with E-state index in [1.807, 2.05) is 11.5 Å². The topological polar surface area (TPSA) is 80.3 Å². The van der Waals surface area contributed by atoms with Crippen LogP contribution in [0.3, 0.4) is 0 Å². The second-order valence-corrected chi connectivity index (χ2v) is 5.34. The quantitative estimate of drug-likeness (QED) is 0.769. The smallest absolute Gasteiger partial charge is 0.267 e. The minimum atomic E-state index is -0.203. The van der Waals surface area contributed by atoms with Crippen LogP contribution in [-0.2, 0) is 6.54 Å². The Labute approximate surface area is 113 Å². The molecule has 0 aliphatic heterocycles. The fourth-order valence-electron chi connectivity index (χ4n) is 2.76. The van der Waals surface area contributed by atoms with Crippen molar-refractivity contribution in [3.05, 3.63) is 18.0 Å². The average Bonchev–Trinajstić information content (AvgIpc) is 2.77. The molecule has 0 saturated heterocycles. The van der Waals surface area contributed by atoms with Gasteiger partial charge in [0.15, 0.2) is 0 Å². The van der Waals surface area contributed by atoms with Crippen LogP contribution in [0.25, 0.3) is 0 Å². The zero-order valence-corrected chi connectivity index (χ0v) is 11.4. The number of aryl methyl sites for hydroxylation is 1. The van der Waals surface area contributed by atoms with E-state index >= 15 is 0 Å². The summed E-state index contributed by atoms with van der Waals surface area (Å²) in [5.41, 5.74) is 6.93. The highest BCUT2D eigenvalue weighted by molar-refractivity contribution is 5.93. The number of hydrogen-bond donors (Lipinski definition) is 3. The Kier molecular flexibility index (Phi) is 4.47. The van der Waals surface area contributed by atoms with Crippen LogP contribution in [0, 0.1) is 5.92 Å². The van der Waals surface area contributed by atoms with Crippen LogP contribution < -0.4 is 11.1 Å². The first-order valence-electron chi connectivity index (χ1n) is 7.02. The summed E-state index contributed by atoms with van der Waals surface area (Å²) < 4.78 is 1.85. The van der Waals surface area contributed by atoms with Gasteiger partial charge in [0.25, 0.3) is 5.91 Å². The van der Waals surface area contributed by atoms with Crippen molar-refractivity contribution in [2.45, 2.75) is 45.3 Å². The molecule has 1 aliphatic carbocycles. The SMILES string of the molecule is CCn1cc(N)cc1C(=O)NCC1CCCC(O)C1. The lowest BCUT2D eigenvalue weighted by Crippen LogP contribution is -2.33. The summed E-state index contributed by atoms with van der Waals surface area (Å²) in [4.78, 5) is 12.1. The average molecular weight is 265 g/mol. The van der Waals surface area contributed by atoms with Gasteiger partial charge in [0.2, 0.25) is 0 Å². The molecular weight excluding hydrogens is 242 g/mol. The summed E-state index contributed by atoms with van der Waals surface area (Å²) in [7, 11) is 0.